The fourth-order valence-electron chi connectivity index (χ4n) is 2.90. The molecule has 0 aliphatic rings. The lowest BCUT2D eigenvalue weighted by Crippen LogP contribution is -2.12. The number of para-hydroxylation sites is 1. The van der Waals surface area contributed by atoms with E-state index in [4.69, 9.17) is 4.98 Å². The maximum absolute atomic E-state index is 4.71. The van der Waals surface area contributed by atoms with Crippen molar-refractivity contribution in [1.82, 2.24) is 24.8 Å². The highest BCUT2D eigenvalue weighted by Crippen LogP contribution is 2.24. The Labute approximate surface area is 143 Å². The predicted molar refractivity (Wildman–Crippen MR) is 98.1 cm³/mol. The first-order chi connectivity index (χ1) is 12.4. The third-order valence-corrected chi connectivity index (χ3v) is 4.13. The van der Waals surface area contributed by atoms with Crippen molar-refractivity contribution in [2.24, 2.45) is 0 Å². The van der Waals surface area contributed by atoms with Crippen LogP contribution in [0.15, 0.2) is 73.1 Å². The number of fused-ring (bicyclic) bond motifs is 2. The molecule has 0 aliphatic carbocycles. The molecule has 0 atom stereocenters. The van der Waals surface area contributed by atoms with Crippen molar-refractivity contribution in [3.8, 4) is 11.4 Å². The molecule has 2 aromatic carbocycles. The number of rotatable bonds is 3. The molecule has 120 valence electrons. The molecule has 2 N–H and O–H groups in total. The summed E-state index contributed by atoms with van der Waals surface area (Å²) < 4.78 is 0. The average Bonchev–Trinajstić information content (AvgIpc) is 3.30. The Morgan fingerprint density at radius 2 is 1.72 bits per heavy atom. The molecule has 25 heavy (non-hydrogen) atoms. The van der Waals surface area contributed by atoms with Crippen LogP contribution in [0.2, 0.25) is 0 Å². The number of anilines is 1. The van der Waals surface area contributed by atoms with Gasteiger partial charge in [-0.3, -0.25) is 5.43 Å². The lowest BCUT2D eigenvalue weighted by molar-refractivity contribution is 0.825. The van der Waals surface area contributed by atoms with Gasteiger partial charge >= 0.3 is 0 Å². The van der Waals surface area contributed by atoms with Crippen molar-refractivity contribution in [3.05, 3.63) is 73.1 Å². The number of hydrogen-bond donors (Lipinski definition) is 2. The number of H-pyrrole nitrogens is 1. The van der Waals surface area contributed by atoms with E-state index in [1.54, 1.807) is 4.79 Å². The molecule has 0 aliphatic heterocycles. The molecule has 0 radical (unpaired) electrons. The van der Waals surface area contributed by atoms with Crippen LogP contribution in [0, 0.1) is 0 Å². The van der Waals surface area contributed by atoms with Crippen molar-refractivity contribution in [2.45, 2.75) is 0 Å². The number of nitrogens with zero attached hydrogens (tertiary/aromatic N) is 4. The Balaban J connectivity index is 1.66. The Morgan fingerprint density at radius 3 is 2.64 bits per heavy atom. The Hall–Kier alpha value is -3.67. The van der Waals surface area contributed by atoms with Crippen molar-refractivity contribution in [1.29, 1.82) is 0 Å². The average molecular weight is 326 g/mol. The van der Waals surface area contributed by atoms with Crippen molar-refractivity contribution in [3.63, 3.8) is 0 Å². The van der Waals surface area contributed by atoms with Crippen LogP contribution in [0.4, 0.5) is 5.82 Å². The molecule has 3 aromatic heterocycles. The number of nitrogens with one attached hydrogen (secondary N) is 2. The van der Waals surface area contributed by atoms with Crippen LogP contribution in [0.3, 0.4) is 0 Å². The van der Waals surface area contributed by atoms with Gasteiger partial charge in [0.15, 0.2) is 11.6 Å². The van der Waals surface area contributed by atoms with Gasteiger partial charge in [-0.1, -0.05) is 48.5 Å². The third-order valence-electron chi connectivity index (χ3n) is 4.13. The van der Waals surface area contributed by atoms with Gasteiger partial charge in [-0.25, -0.2) is 9.97 Å². The highest BCUT2D eigenvalue weighted by molar-refractivity contribution is 5.88. The molecule has 5 rings (SSSR count). The monoisotopic (exact) mass is 326 g/mol. The fourth-order valence-corrected chi connectivity index (χ4v) is 2.90. The van der Waals surface area contributed by atoms with Crippen LogP contribution in [-0.2, 0) is 0 Å². The summed E-state index contributed by atoms with van der Waals surface area (Å²) in [5.41, 5.74) is 6.95. The first-order valence-corrected chi connectivity index (χ1v) is 7.99. The van der Waals surface area contributed by atoms with Crippen molar-refractivity contribution in [2.75, 3.05) is 5.43 Å². The van der Waals surface area contributed by atoms with Crippen LogP contribution < -0.4 is 5.43 Å². The van der Waals surface area contributed by atoms with Crippen molar-refractivity contribution >= 4 is 27.8 Å². The molecule has 0 saturated heterocycles. The minimum absolute atomic E-state index is 0.673. The molecule has 0 amide bonds. The van der Waals surface area contributed by atoms with E-state index < -0.39 is 0 Å². The molecule has 0 bridgehead atoms. The lowest BCUT2D eigenvalue weighted by atomic mass is 10.2. The quantitative estimate of drug-likeness (QED) is 0.528. The van der Waals surface area contributed by atoms with Crippen LogP contribution >= 0.6 is 0 Å². The molecule has 0 fully saturated rings. The molecule has 0 saturated carbocycles. The first-order valence-electron chi connectivity index (χ1n) is 7.99. The summed E-state index contributed by atoms with van der Waals surface area (Å²) in [6.45, 7) is 0. The molecule has 0 unspecified atom stereocenters. The number of aromatic amines is 1. The van der Waals surface area contributed by atoms with E-state index in [0.29, 0.717) is 11.6 Å². The second kappa shape index (κ2) is 5.45. The van der Waals surface area contributed by atoms with Gasteiger partial charge < -0.3 is 4.98 Å². The standard InChI is InChI=1S/C19H14N6/c1-2-6-13(7-3-1)18-22-15-10-11-20-17(15)19(23-18)24-25-16-9-5-4-8-14(16)12-21-25/h1-12,20H,(H,22,23,24). The molecular formula is C19H14N6. The van der Waals surface area contributed by atoms with Gasteiger partial charge in [0, 0.05) is 17.1 Å². The van der Waals surface area contributed by atoms with Gasteiger partial charge in [0.1, 0.15) is 5.52 Å². The number of benzene rings is 2. The van der Waals surface area contributed by atoms with Crippen molar-refractivity contribution < 1.29 is 0 Å². The van der Waals surface area contributed by atoms with Crippen LogP contribution in [-0.4, -0.2) is 24.8 Å². The minimum Gasteiger partial charge on any atom is -0.357 e. The van der Waals surface area contributed by atoms with E-state index in [1.807, 2.05) is 73.1 Å². The van der Waals surface area contributed by atoms with Gasteiger partial charge in [0.25, 0.3) is 0 Å². The second-order valence-electron chi connectivity index (χ2n) is 5.73. The topological polar surface area (TPSA) is 71.4 Å². The zero-order valence-corrected chi connectivity index (χ0v) is 13.2. The van der Waals surface area contributed by atoms with Gasteiger partial charge in [-0.2, -0.15) is 9.89 Å². The van der Waals surface area contributed by atoms with E-state index in [-0.39, 0.29) is 0 Å². The summed E-state index contributed by atoms with van der Waals surface area (Å²) in [6.07, 6.45) is 3.69. The number of aromatic nitrogens is 5. The van der Waals surface area contributed by atoms with E-state index in [9.17, 15) is 0 Å². The Kier molecular flexibility index (Phi) is 3.00. The largest absolute Gasteiger partial charge is 0.357 e. The maximum Gasteiger partial charge on any atom is 0.174 e. The number of hydrogen-bond acceptors (Lipinski definition) is 4. The molecule has 5 aromatic rings. The van der Waals surface area contributed by atoms with E-state index in [0.717, 1.165) is 27.5 Å². The van der Waals surface area contributed by atoms with E-state index >= 15 is 0 Å². The van der Waals surface area contributed by atoms with E-state index in [1.165, 1.54) is 0 Å². The lowest BCUT2D eigenvalue weighted by Gasteiger charge is -2.10. The van der Waals surface area contributed by atoms with Gasteiger partial charge in [-0.15, -0.1) is 0 Å². The molecule has 0 spiro atoms. The summed E-state index contributed by atoms with van der Waals surface area (Å²) in [5.74, 6) is 1.36. The third kappa shape index (κ3) is 2.31. The predicted octanol–water partition coefficient (Wildman–Crippen LogP) is 3.85. The molecule has 6 nitrogen and oxygen atoms in total. The zero-order chi connectivity index (χ0) is 16.6. The second-order valence-corrected chi connectivity index (χ2v) is 5.73. The van der Waals surface area contributed by atoms with Crippen LogP contribution in [0.25, 0.3) is 33.3 Å². The zero-order valence-electron chi connectivity index (χ0n) is 13.2. The van der Waals surface area contributed by atoms with Crippen LogP contribution in [0.5, 0.6) is 0 Å². The summed E-state index contributed by atoms with van der Waals surface area (Å²) in [7, 11) is 0. The van der Waals surface area contributed by atoms with Gasteiger partial charge in [0.05, 0.1) is 17.2 Å². The van der Waals surface area contributed by atoms with Gasteiger partial charge in [0.2, 0.25) is 0 Å². The van der Waals surface area contributed by atoms with E-state index in [2.05, 4.69) is 20.5 Å². The molecular weight excluding hydrogens is 312 g/mol. The smallest absolute Gasteiger partial charge is 0.174 e. The molecule has 6 heteroatoms. The molecule has 3 heterocycles. The highest BCUT2D eigenvalue weighted by atomic mass is 15.6. The minimum atomic E-state index is 0.673. The first kappa shape index (κ1) is 13.7. The highest BCUT2D eigenvalue weighted by Gasteiger charge is 2.12. The summed E-state index contributed by atoms with van der Waals surface area (Å²) in [6, 6.07) is 19.9. The van der Waals surface area contributed by atoms with Gasteiger partial charge in [-0.05, 0) is 12.1 Å². The Bertz CT molecular complexity index is 1170. The Morgan fingerprint density at radius 1 is 0.880 bits per heavy atom. The normalized spacial score (nSPS) is 11.2. The SMILES string of the molecule is c1ccc(-c2nc(Nn3ncc4ccccc43)c3[nH]ccc3n2)cc1. The van der Waals surface area contributed by atoms with Crippen LogP contribution in [0.1, 0.15) is 0 Å². The fraction of sp³-hybridized carbons (Fsp3) is 0. The summed E-state index contributed by atoms with van der Waals surface area (Å²) in [4.78, 5) is 14.3. The maximum atomic E-state index is 4.71. The summed E-state index contributed by atoms with van der Waals surface area (Å²) >= 11 is 0. The summed E-state index contributed by atoms with van der Waals surface area (Å²) in [5, 5.41) is 5.48.